The molecule has 0 aliphatic rings. The number of pyridine rings is 1. The summed E-state index contributed by atoms with van der Waals surface area (Å²) in [6.07, 6.45) is 4.21. The Labute approximate surface area is 172 Å². The van der Waals surface area contributed by atoms with Crippen LogP contribution in [0.15, 0.2) is 24.5 Å². The molecule has 9 heteroatoms. The summed E-state index contributed by atoms with van der Waals surface area (Å²) in [5, 5.41) is 1.06. The van der Waals surface area contributed by atoms with Crippen molar-refractivity contribution in [3.63, 3.8) is 0 Å². The third-order valence-electron chi connectivity index (χ3n) is 4.19. The molecule has 2 atom stereocenters. The molecule has 0 aliphatic heterocycles. The van der Waals surface area contributed by atoms with Crippen molar-refractivity contribution in [2.75, 3.05) is 33.8 Å². The van der Waals surface area contributed by atoms with E-state index in [1.165, 1.54) is 6.92 Å². The molecule has 9 nitrogen and oxygen atoms in total. The lowest BCUT2D eigenvalue weighted by molar-refractivity contribution is -0.213. The van der Waals surface area contributed by atoms with Gasteiger partial charge in [-0.15, -0.1) is 0 Å². The standard InChI is InChI=1S/C20H32N4O5/c1-5-6-13-28-20(27)24(29-17(2)16-26)19(23(4)11-12-25)15-22(3)14-18-7-9-21-10-8-18/h7-10,12,16-17,19H,5-6,11,13-15H2,1-4H3. The van der Waals surface area contributed by atoms with Crippen molar-refractivity contribution in [2.24, 2.45) is 0 Å². The monoisotopic (exact) mass is 408 g/mol. The Balaban J connectivity index is 2.99. The molecule has 1 aromatic heterocycles. The number of amides is 1. The van der Waals surface area contributed by atoms with Gasteiger partial charge in [-0.05, 0) is 45.1 Å². The number of likely N-dealkylation sites (N-methyl/N-ethyl adjacent to an activating group) is 2. The van der Waals surface area contributed by atoms with Crippen LogP contribution in [-0.4, -0.2) is 84.6 Å². The highest BCUT2D eigenvalue weighted by atomic mass is 16.7. The molecule has 0 aromatic carbocycles. The zero-order valence-electron chi connectivity index (χ0n) is 17.7. The van der Waals surface area contributed by atoms with E-state index in [2.05, 4.69) is 4.98 Å². The van der Waals surface area contributed by atoms with Crippen molar-refractivity contribution in [2.45, 2.75) is 45.5 Å². The van der Waals surface area contributed by atoms with Gasteiger partial charge in [-0.3, -0.25) is 19.6 Å². The molecule has 0 spiro atoms. The number of nitrogens with zero attached hydrogens (tertiary/aromatic N) is 4. The van der Waals surface area contributed by atoms with E-state index in [0.717, 1.165) is 29.8 Å². The highest BCUT2D eigenvalue weighted by molar-refractivity contribution is 5.67. The van der Waals surface area contributed by atoms with Crippen molar-refractivity contribution in [3.8, 4) is 0 Å². The maximum Gasteiger partial charge on any atom is 0.435 e. The average molecular weight is 408 g/mol. The number of carbonyl (C=O) groups is 3. The lowest BCUT2D eigenvalue weighted by Gasteiger charge is -2.37. The van der Waals surface area contributed by atoms with E-state index in [1.54, 1.807) is 24.3 Å². The molecule has 1 rings (SSSR count). The van der Waals surface area contributed by atoms with E-state index in [0.29, 0.717) is 19.4 Å². The van der Waals surface area contributed by atoms with Gasteiger partial charge in [0, 0.05) is 25.5 Å². The van der Waals surface area contributed by atoms with Crippen LogP contribution in [0.5, 0.6) is 0 Å². The molecular formula is C20H32N4O5. The SMILES string of the molecule is CCCCOC(=O)N(OC(C)C=O)C(CN(C)Cc1ccncc1)N(C)CC=O. The third-order valence-corrected chi connectivity index (χ3v) is 4.19. The molecule has 162 valence electrons. The Morgan fingerprint density at radius 1 is 1.24 bits per heavy atom. The Morgan fingerprint density at radius 3 is 2.52 bits per heavy atom. The van der Waals surface area contributed by atoms with Crippen molar-refractivity contribution in [3.05, 3.63) is 30.1 Å². The Kier molecular flexibility index (Phi) is 11.7. The minimum Gasteiger partial charge on any atom is -0.448 e. The fraction of sp³-hybridized carbons (Fsp3) is 0.600. The van der Waals surface area contributed by atoms with Crippen molar-refractivity contribution >= 4 is 18.7 Å². The summed E-state index contributed by atoms with van der Waals surface area (Å²) in [4.78, 5) is 48.1. The molecule has 0 N–H and O–H groups in total. The number of aldehydes is 2. The van der Waals surface area contributed by atoms with Crippen LogP contribution in [-0.2, 0) is 25.7 Å². The van der Waals surface area contributed by atoms with Gasteiger partial charge in [0.2, 0.25) is 0 Å². The highest BCUT2D eigenvalue weighted by Gasteiger charge is 2.32. The van der Waals surface area contributed by atoms with Crippen LogP contribution in [0.25, 0.3) is 0 Å². The summed E-state index contributed by atoms with van der Waals surface area (Å²) >= 11 is 0. The van der Waals surface area contributed by atoms with Crippen LogP contribution in [0.1, 0.15) is 32.3 Å². The molecule has 0 aliphatic carbocycles. The summed E-state index contributed by atoms with van der Waals surface area (Å²) < 4.78 is 5.30. The molecule has 2 unspecified atom stereocenters. The lowest BCUT2D eigenvalue weighted by Crippen LogP contribution is -2.55. The summed E-state index contributed by atoms with van der Waals surface area (Å²) in [6, 6.07) is 3.81. The first kappa shape index (κ1) is 24.7. The summed E-state index contributed by atoms with van der Waals surface area (Å²) in [7, 11) is 3.60. The second-order valence-electron chi connectivity index (χ2n) is 6.88. The van der Waals surface area contributed by atoms with Gasteiger partial charge in [0.05, 0.1) is 13.2 Å². The van der Waals surface area contributed by atoms with Gasteiger partial charge in [0.1, 0.15) is 18.6 Å². The predicted molar refractivity (Wildman–Crippen MR) is 108 cm³/mol. The van der Waals surface area contributed by atoms with Crippen LogP contribution in [0.2, 0.25) is 0 Å². The number of ether oxygens (including phenoxy) is 1. The largest absolute Gasteiger partial charge is 0.448 e. The van der Waals surface area contributed by atoms with Crippen LogP contribution in [0.4, 0.5) is 4.79 Å². The molecule has 29 heavy (non-hydrogen) atoms. The first-order valence-electron chi connectivity index (χ1n) is 9.72. The van der Waals surface area contributed by atoms with Gasteiger partial charge in [0.25, 0.3) is 0 Å². The maximum absolute atomic E-state index is 12.7. The zero-order valence-corrected chi connectivity index (χ0v) is 17.7. The van der Waals surface area contributed by atoms with Crippen LogP contribution < -0.4 is 0 Å². The second kappa shape index (κ2) is 13.8. The zero-order chi connectivity index (χ0) is 21.6. The summed E-state index contributed by atoms with van der Waals surface area (Å²) in [5.74, 6) is 0. The van der Waals surface area contributed by atoms with Crippen molar-refractivity contribution < 1.29 is 24.0 Å². The van der Waals surface area contributed by atoms with Crippen molar-refractivity contribution in [1.29, 1.82) is 0 Å². The fourth-order valence-corrected chi connectivity index (χ4v) is 2.58. The van der Waals surface area contributed by atoms with Crippen LogP contribution in [0.3, 0.4) is 0 Å². The molecule has 0 fully saturated rings. The molecule has 0 saturated carbocycles. The number of hydroxylamine groups is 2. The second-order valence-corrected chi connectivity index (χ2v) is 6.88. The molecule has 1 amide bonds. The van der Waals surface area contributed by atoms with Crippen LogP contribution >= 0.6 is 0 Å². The summed E-state index contributed by atoms with van der Waals surface area (Å²) in [5.41, 5.74) is 1.05. The molecule has 0 bridgehead atoms. The number of rotatable bonds is 14. The van der Waals surface area contributed by atoms with E-state index < -0.39 is 18.4 Å². The van der Waals surface area contributed by atoms with Gasteiger partial charge < -0.3 is 14.3 Å². The third kappa shape index (κ3) is 9.12. The summed E-state index contributed by atoms with van der Waals surface area (Å²) in [6.45, 7) is 4.84. The smallest absolute Gasteiger partial charge is 0.435 e. The lowest BCUT2D eigenvalue weighted by atomic mass is 10.2. The van der Waals surface area contributed by atoms with Gasteiger partial charge >= 0.3 is 6.09 Å². The Bertz CT molecular complexity index is 616. The number of unbranched alkanes of at least 4 members (excludes halogenated alkanes) is 1. The fourth-order valence-electron chi connectivity index (χ4n) is 2.58. The van der Waals surface area contributed by atoms with Gasteiger partial charge in [-0.1, -0.05) is 13.3 Å². The first-order chi connectivity index (χ1) is 13.9. The first-order valence-corrected chi connectivity index (χ1v) is 9.72. The molecule has 1 heterocycles. The minimum absolute atomic E-state index is 0.0886. The molecule has 0 radical (unpaired) electrons. The van der Waals surface area contributed by atoms with Crippen LogP contribution in [0, 0.1) is 0 Å². The molecular weight excluding hydrogens is 376 g/mol. The number of carbonyl (C=O) groups excluding carboxylic acids is 3. The number of hydrogen-bond acceptors (Lipinski definition) is 8. The Hall–Kier alpha value is -2.36. The highest BCUT2D eigenvalue weighted by Crippen LogP contribution is 2.13. The van der Waals surface area contributed by atoms with Gasteiger partial charge in [-0.2, -0.15) is 5.06 Å². The van der Waals surface area contributed by atoms with Crippen molar-refractivity contribution in [1.82, 2.24) is 19.8 Å². The quantitative estimate of drug-likeness (QED) is 0.199. The Morgan fingerprint density at radius 2 is 1.93 bits per heavy atom. The predicted octanol–water partition coefficient (Wildman–Crippen LogP) is 1.73. The van der Waals surface area contributed by atoms with E-state index in [1.807, 2.05) is 31.0 Å². The van der Waals surface area contributed by atoms with E-state index in [-0.39, 0.29) is 13.2 Å². The van der Waals surface area contributed by atoms with Gasteiger partial charge in [-0.25, -0.2) is 4.79 Å². The topological polar surface area (TPSA) is 92.3 Å². The van der Waals surface area contributed by atoms with Gasteiger partial charge in [0.15, 0.2) is 6.29 Å². The average Bonchev–Trinajstić information content (AvgIpc) is 2.71. The van der Waals surface area contributed by atoms with E-state index >= 15 is 0 Å². The molecule has 0 saturated heterocycles. The maximum atomic E-state index is 12.7. The number of aromatic nitrogens is 1. The minimum atomic E-state index is -0.841. The van der Waals surface area contributed by atoms with E-state index in [4.69, 9.17) is 9.57 Å². The molecule has 1 aromatic rings. The normalized spacial score (nSPS) is 13.2. The number of hydrogen-bond donors (Lipinski definition) is 0. The van der Waals surface area contributed by atoms with E-state index in [9.17, 15) is 14.4 Å².